The van der Waals surface area contributed by atoms with Crippen molar-refractivity contribution in [2.75, 3.05) is 0 Å². The van der Waals surface area contributed by atoms with Gasteiger partial charge in [0.15, 0.2) is 0 Å². The fraction of sp³-hybridized carbons (Fsp3) is 0.462. The van der Waals surface area contributed by atoms with Gasteiger partial charge in [0.05, 0.1) is 31.2 Å². The summed E-state index contributed by atoms with van der Waals surface area (Å²) in [5, 5.41) is 0. The number of hydrogen-bond acceptors (Lipinski definition) is 3. The van der Waals surface area contributed by atoms with Crippen LogP contribution in [0.4, 0.5) is 0 Å². The van der Waals surface area contributed by atoms with Crippen molar-refractivity contribution in [1.82, 2.24) is 0 Å². The minimum absolute atomic E-state index is 0.295. The van der Waals surface area contributed by atoms with Gasteiger partial charge in [0, 0.05) is 6.07 Å². The number of fused-ring (bicyclic) bond motifs is 2. The van der Waals surface area contributed by atoms with Crippen molar-refractivity contribution in [2.45, 2.75) is 26.7 Å². The molecule has 2 unspecified atom stereocenters. The van der Waals surface area contributed by atoms with Crippen LogP contribution in [0.2, 0.25) is 0 Å². The lowest BCUT2D eigenvalue weighted by Gasteiger charge is -2.20. The third-order valence-electron chi connectivity index (χ3n) is 3.66. The summed E-state index contributed by atoms with van der Waals surface area (Å²) in [5.74, 6) is 0.304. The number of aryl methyl sites for hydroxylation is 2. The summed E-state index contributed by atoms with van der Waals surface area (Å²) in [6.45, 7) is 3.78. The highest BCUT2D eigenvalue weighted by atomic mass is 16.6. The van der Waals surface area contributed by atoms with Gasteiger partial charge in [-0.2, -0.15) is 0 Å². The number of rotatable bonds is 0. The molecule has 2 heterocycles. The first-order valence-corrected chi connectivity index (χ1v) is 5.74. The molecule has 0 bridgehead atoms. The molecule has 0 saturated carbocycles. The lowest BCUT2D eigenvalue weighted by Crippen LogP contribution is -2.28. The standard InChI is InChI=1S/C13H13O4/c1-6-3-8-4-10-11(13(15)17-12(10)14)5-9(8)7(2)16-6/h3,10-11H,4-5H2,1-2H3/q+1. The summed E-state index contributed by atoms with van der Waals surface area (Å²) in [4.78, 5) is 23.1. The smallest absolute Gasteiger partial charge is 0.329 e. The molecule has 4 nitrogen and oxygen atoms in total. The number of hydrogen-bond donors (Lipinski definition) is 0. The Morgan fingerprint density at radius 3 is 2.53 bits per heavy atom. The zero-order valence-corrected chi connectivity index (χ0v) is 9.78. The molecule has 1 aliphatic heterocycles. The number of carbonyl (C=O) groups is 2. The Morgan fingerprint density at radius 1 is 1.18 bits per heavy atom. The van der Waals surface area contributed by atoms with E-state index >= 15 is 0 Å². The van der Waals surface area contributed by atoms with Crippen LogP contribution in [0.1, 0.15) is 22.6 Å². The highest BCUT2D eigenvalue weighted by molar-refractivity contribution is 5.97. The summed E-state index contributed by atoms with van der Waals surface area (Å²) in [7, 11) is 0. The molecule has 0 radical (unpaired) electrons. The number of ether oxygens (including phenoxy) is 1. The summed E-state index contributed by atoms with van der Waals surface area (Å²) >= 11 is 0. The predicted molar refractivity (Wildman–Crippen MR) is 58.1 cm³/mol. The van der Waals surface area contributed by atoms with E-state index in [4.69, 9.17) is 9.15 Å². The molecule has 0 aromatic carbocycles. The quantitative estimate of drug-likeness (QED) is 0.388. The monoisotopic (exact) mass is 233 g/mol. The van der Waals surface area contributed by atoms with Crippen LogP contribution in [0, 0.1) is 25.7 Å². The average molecular weight is 233 g/mol. The van der Waals surface area contributed by atoms with Gasteiger partial charge in [0.2, 0.25) is 0 Å². The molecule has 0 N–H and O–H groups in total. The fourth-order valence-electron chi connectivity index (χ4n) is 2.84. The molecule has 0 spiro atoms. The van der Waals surface area contributed by atoms with Crippen molar-refractivity contribution in [3.05, 3.63) is 28.7 Å². The summed E-state index contributed by atoms with van der Waals surface area (Å²) in [6.07, 6.45) is 1.14. The highest BCUT2D eigenvalue weighted by Gasteiger charge is 2.48. The van der Waals surface area contributed by atoms with Crippen LogP contribution in [-0.2, 0) is 27.2 Å². The number of carbonyl (C=O) groups excluding carboxylic acids is 2. The molecular weight excluding hydrogens is 220 g/mol. The second kappa shape index (κ2) is 3.39. The average Bonchev–Trinajstić information content (AvgIpc) is 2.52. The predicted octanol–water partition coefficient (Wildman–Crippen LogP) is 1.59. The van der Waals surface area contributed by atoms with E-state index in [0.29, 0.717) is 12.8 Å². The van der Waals surface area contributed by atoms with Crippen molar-refractivity contribution in [2.24, 2.45) is 11.8 Å². The maximum absolute atomic E-state index is 11.5. The van der Waals surface area contributed by atoms with Gasteiger partial charge in [0.25, 0.3) is 0 Å². The van der Waals surface area contributed by atoms with Gasteiger partial charge in [-0.25, -0.2) is 4.42 Å². The largest absolute Gasteiger partial charge is 0.393 e. The Hall–Kier alpha value is -1.71. The Balaban J connectivity index is 2.08. The van der Waals surface area contributed by atoms with E-state index in [0.717, 1.165) is 22.6 Å². The molecule has 0 amide bonds. The second-order valence-corrected chi connectivity index (χ2v) is 4.78. The molecule has 2 atom stereocenters. The van der Waals surface area contributed by atoms with Crippen LogP contribution in [0.25, 0.3) is 0 Å². The first kappa shape index (κ1) is 10.4. The van der Waals surface area contributed by atoms with Gasteiger partial charge in [-0.15, -0.1) is 0 Å². The molecule has 1 aromatic heterocycles. The summed E-state index contributed by atoms with van der Waals surface area (Å²) in [5.41, 5.74) is 2.17. The lowest BCUT2D eigenvalue weighted by molar-refractivity contribution is -0.153. The Kier molecular flexibility index (Phi) is 2.08. The zero-order chi connectivity index (χ0) is 12.2. The van der Waals surface area contributed by atoms with E-state index in [1.807, 2.05) is 19.9 Å². The van der Waals surface area contributed by atoms with Crippen LogP contribution in [0.15, 0.2) is 10.5 Å². The molecule has 4 heteroatoms. The molecule has 1 aromatic rings. The van der Waals surface area contributed by atoms with Gasteiger partial charge in [-0.1, -0.05) is 0 Å². The molecular formula is C13H13O4+. The van der Waals surface area contributed by atoms with Gasteiger partial charge in [-0.05, 0) is 18.4 Å². The normalized spacial score (nSPS) is 26.5. The number of cyclic esters (lactones) is 2. The topological polar surface area (TPSA) is 54.7 Å². The van der Waals surface area contributed by atoms with Gasteiger partial charge >= 0.3 is 23.5 Å². The molecule has 1 saturated heterocycles. The first-order valence-electron chi connectivity index (χ1n) is 5.74. The van der Waals surface area contributed by atoms with E-state index in [9.17, 15) is 9.59 Å². The Morgan fingerprint density at radius 2 is 1.82 bits per heavy atom. The Bertz CT molecular complexity index is 532. The maximum Gasteiger partial charge on any atom is 0.329 e. The van der Waals surface area contributed by atoms with Crippen molar-refractivity contribution in [3.63, 3.8) is 0 Å². The Labute approximate surface area is 98.6 Å². The van der Waals surface area contributed by atoms with E-state index in [1.54, 1.807) is 0 Å². The van der Waals surface area contributed by atoms with Gasteiger partial charge in [0.1, 0.15) is 0 Å². The van der Waals surface area contributed by atoms with Crippen LogP contribution < -0.4 is 0 Å². The van der Waals surface area contributed by atoms with Crippen molar-refractivity contribution in [3.8, 4) is 0 Å². The van der Waals surface area contributed by atoms with E-state index < -0.39 is 0 Å². The summed E-state index contributed by atoms with van der Waals surface area (Å²) < 4.78 is 10.3. The maximum atomic E-state index is 11.5. The van der Waals surface area contributed by atoms with Gasteiger partial charge < -0.3 is 4.74 Å². The molecule has 1 fully saturated rings. The van der Waals surface area contributed by atoms with Crippen molar-refractivity contribution in [1.29, 1.82) is 0 Å². The lowest BCUT2D eigenvalue weighted by atomic mass is 9.77. The zero-order valence-electron chi connectivity index (χ0n) is 9.78. The highest BCUT2D eigenvalue weighted by Crippen LogP contribution is 2.37. The third-order valence-corrected chi connectivity index (χ3v) is 3.66. The molecule has 3 rings (SSSR count). The second-order valence-electron chi connectivity index (χ2n) is 4.78. The summed E-state index contributed by atoms with van der Waals surface area (Å²) in [6, 6.07) is 1.95. The van der Waals surface area contributed by atoms with Crippen LogP contribution in [-0.4, -0.2) is 11.9 Å². The fourth-order valence-corrected chi connectivity index (χ4v) is 2.84. The molecule has 17 heavy (non-hydrogen) atoms. The number of esters is 2. The third kappa shape index (κ3) is 1.47. The SMILES string of the molecule is Cc1cc2c(c(C)[o+]1)CC1C(=O)OC(=O)C1C2. The van der Waals surface area contributed by atoms with Crippen molar-refractivity contribution >= 4 is 11.9 Å². The van der Waals surface area contributed by atoms with Crippen LogP contribution in [0.5, 0.6) is 0 Å². The molecule has 88 valence electrons. The van der Waals surface area contributed by atoms with Gasteiger partial charge in [-0.3, -0.25) is 9.59 Å². The van der Waals surface area contributed by atoms with Crippen LogP contribution in [0.3, 0.4) is 0 Å². The molecule has 1 aliphatic carbocycles. The van der Waals surface area contributed by atoms with Crippen LogP contribution >= 0.6 is 0 Å². The minimum atomic E-state index is -0.384. The van der Waals surface area contributed by atoms with E-state index in [-0.39, 0.29) is 23.8 Å². The molecule has 2 aliphatic rings. The first-order chi connectivity index (χ1) is 8.06. The van der Waals surface area contributed by atoms with E-state index in [1.165, 1.54) is 0 Å². The minimum Gasteiger partial charge on any atom is -0.393 e. The van der Waals surface area contributed by atoms with E-state index in [2.05, 4.69) is 0 Å². The van der Waals surface area contributed by atoms with Crippen molar-refractivity contribution < 1.29 is 18.7 Å².